The molecule has 3 aromatic rings. The number of nitrogens with zero attached hydrogens (tertiary/aromatic N) is 3. The van der Waals surface area contributed by atoms with Crippen LogP contribution in [0, 0.1) is 5.92 Å². The van der Waals surface area contributed by atoms with E-state index in [1.807, 2.05) is 30.4 Å². The number of rotatable bonds is 6. The van der Waals surface area contributed by atoms with Gasteiger partial charge in [-0.2, -0.15) is 4.98 Å². The number of carbonyl (C=O) groups is 1. The summed E-state index contributed by atoms with van der Waals surface area (Å²) < 4.78 is 16.2. The molecule has 1 aliphatic carbocycles. The van der Waals surface area contributed by atoms with Gasteiger partial charge in [-0.15, -0.1) is 11.3 Å². The summed E-state index contributed by atoms with van der Waals surface area (Å²) in [5.74, 6) is 3.10. The summed E-state index contributed by atoms with van der Waals surface area (Å²) in [5.41, 5.74) is 2.53. The van der Waals surface area contributed by atoms with E-state index in [4.69, 9.17) is 24.2 Å². The molecule has 2 aliphatic heterocycles. The van der Waals surface area contributed by atoms with Gasteiger partial charge in [-0.25, -0.2) is 4.98 Å². The first-order chi connectivity index (χ1) is 17.2. The number of anilines is 2. The van der Waals surface area contributed by atoms with Gasteiger partial charge in [0.2, 0.25) is 12.7 Å². The molecule has 184 valence electrons. The Kier molecular flexibility index (Phi) is 6.10. The second kappa shape index (κ2) is 9.53. The zero-order valence-corrected chi connectivity index (χ0v) is 20.8. The summed E-state index contributed by atoms with van der Waals surface area (Å²) in [6, 6.07) is 6.04. The Labute approximate surface area is 208 Å². The molecule has 35 heavy (non-hydrogen) atoms. The summed E-state index contributed by atoms with van der Waals surface area (Å²) in [6.07, 6.45) is 6.19. The highest BCUT2D eigenvalue weighted by molar-refractivity contribution is 7.19. The predicted octanol–water partition coefficient (Wildman–Crippen LogP) is 4.69. The third kappa shape index (κ3) is 4.37. The standard InChI is InChI=1S/C26H30N4O4S/c1-2-32-25(31)17-9-11-30(12-10-17)26-28-23(22-18-5-3-4-6-21(18)35-24(22)29-26)27-14-16-7-8-19-20(13-16)34-15-33-19/h7-8,13,17H,2-6,9-12,14-15H2,1H3,(H,27,28,29). The Morgan fingerprint density at radius 1 is 1.17 bits per heavy atom. The second-order valence-electron chi connectivity index (χ2n) is 9.32. The smallest absolute Gasteiger partial charge is 0.309 e. The Bertz CT molecular complexity index is 1250. The number of ether oxygens (including phenoxy) is 3. The van der Waals surface area contributed by atoms with Gasteiger partial charge in [0.15, 0.2) is 11.5 Å². The van der Waals surface area contributed by atoms with Gasteiger partial charge in [0, 0.05) is 24.5 Å². The van der Waals surface area contributed by atoms with Crippen LogP contribution in [0.1, 0.15) is 48.6 Å². The van der Waals surface area contributed by atoms with Gasteiger partial charge in [-0.1, -0.05) is 6.07 Å². The van der Waals surface area contributed by atoms with Crippen molar-refractivity contribution in [2.24, 2.45) is 5.92 Å². The molecule has 4 heterocycles. The minimum atomic E-state index is -0.0828. The number of hydrogen-bond acceptors (Lipinski definition) is 9. The molecule has 6 rings (SSSR count). The van der Waals surface area contributed by atoms with Crippen molar-refractivity contribution in [2.75, 3.05) is 36.7 Å². The zero-order chi connectivity index (χ0) is 23.8. The monoisotopic (exact) mass is 494 g/mol. The van der Waals surface area contributed by atoms with Gasteiger partial charge in [-0.3, -0.25) is 4.79 Å². The van der Waals surface area contributed by atoms with Crippen molar-refractivity contribution >= 4 is 39.3 Å². The molecule has 0 bridgehead atoms. The highest BCUT2D eigenvalue weighted by Gasteiger charge is 2.29. The molecule has 0 unspecified atom stereocenters. The van der Waals surface area contributed by atoms with Crippen molar-refractivity contribution in [1.82, 2.24) is 9.97 Å². The Morgan fingerprint density at radius 3 is 2.86 bits per heavy atom. The summed E-state index contributed by atoms with van der Waals surface area (Å²) >= 11 is 1.81. The molecular weight excluding hydrogens is 464 g/mol. The number of fused-ring (bicyclic) bond motifs is 4. The Morgan fingerprint density at radius 2 is 2.00 bits per heavy atom. The van der Waals surface area contributed by atoms with Crippen LogP contribution in [-0.2, 0) is 28.9 Å². The maximum absolute atomic E-state index is 12.2. The van der Waals surface area contributed by atoms with E-state index in [0.717, 1.165) is 72.4 Å². The van der Waals surface area contributed by atoms with Gasteiger partial charge in [0.25, 0.3) is 0 Å². The summed E-state index contributed by atoms with van der Waals surface area (Å²) in [4.78, 5) is 26.9. The van der Waals surface area contributed by atoms with Crippen LogP contribution in [0.5, 0.6) is 11.5 Å². The third-order valence-corrected chi connectivity index (χ3v) is 8.28. The largest absolute Gasteiger partial charge is 0.466 e. The number of esters is 1. The number of carbonyl (C=O) groups excluding carboxylic acids is 1. The Hall–Kier alpha value is -3.07. The number of aryl methyl sites for hydroxylation is 2. The van der Waals surface area contributed by atoms with Crippen LogP contribution in [0.2, 0.25) is 0 Å². The third-order valence-electron chi connectivity index (χ3n) is 7.10. The van der Waals surface area contributed by atoms with Crippen molar-refractivity contribution in [3.8, 4) is 11.5 Å². The molecule has 1 fully saturated rings. The fourth-order valence-corrected chi connectivity index (χ4v) is 6.48. The fraction of sp³-hybridized carbons (Fsp3) is 0.500. The van der Waals surface area contributed by atoms with Crippen LogP contribution in [0.3, 0.4) is 0 Å². The SMILES string of the molecule is CCOC(=O)C1CCN(c2nc(NCc3ccc4c(c3)OCO4)c3c4c(sc3n2)CCCC4)CC1. The van der Waals surface area contributed by atoms with Crippen LogP contribution in [0.25, 0.3) is 10.2 Å². The van der Waals surface area contributed by atoms with E-state index in [1.165, 1.54) is 28.7 Å². The second-order valence-corrected chi connectivity index (χ2v) is 10.4. The van der Waals surface area contributed by atoms with Crippen LogP contribution in [0.4, 0.5) is 11.8 Å². The van der Waals surface area contributed by atoms with Crippen LogP contribution >= 0.6 is 11.3 Å². The molecule has 9 heteroatoms. The van der Waals surface area contributed by atoms with Gasteiger partial charge >= 0.3 is 5.97 Å². The lowest BCUT2D eigenvalue weighted by Gasteiger charge is -2.31. The van der Waals surface area contributed by atoms with E-state index in [2.05, 4.69) is 16.3 Å². The van der Waals surface area contributed by atoms with Crippen molar-refractivity contribution in [3.63, 3.8) is 0 Å². The summed E-state index contributed by atoms with van der Waals surface area (Å²) in [6.45, 7) is 4.70. The number of hydrogen-bond donors (Lipinski definition) is 1. The highest BCUT2D eigenvalue weighted by Crippen LogP contribution is 2.40. The average molecular weight is 495 g/mol. The molecule has 0 spiro atoms. The van der Waals surface area contributed by atoms with Crippen molar-refractivity contribution in [3.05, 3.63) is 34.2 Å². The number of nitrogens with one attached hydrogen (secondary N) is 1. The van der Waals surface area contributed by atoms with Crippen LogP contribution in [0.15, 0.2) is 18.2 Å². The predicted molar refractivity (Wildman–Crippen MR) is 136 cm³/mol. The minimum absolute atomic E-state index is 0.0346. The summed E-state index contributed by atoms with van der Waals surface area (Å²) in [7, 11) is 0. The normalized spacial score (nSPS) is 17.5. The van der Waals surface area contributed by atoms with Crippen LogP contribution in [-0.4, -0.2) is 42.4 Å². The first-order valence-electron chi connectivity index (χ1n) is 12.6. The van der Waals surface area contributed by atoms with Crippen molar-refractivity contribution < 1.29 is 19.0 Å². The molecule has 0 amide bonds. The van der Waals surface area contributed by atoms with E-state index in [1.54, 1.807) is 0 Å². The molecule has 3 aliphatic rings. The van der Waals surface area contributed by atoms with Gasteiger partial charge in [0.05, 0.1) is 17.9 Å². The van der Waals surface area contributed by atoms with E-state index < -0.39 is 0 Å². The molecule has 0 radical (unpaired) electrons. The molecule has 0 saturated carbocycles. The maximum Gasteiger partial charge on any atom is 0.309 e. The first kappa shape index (κ1) is 22.4. The van der Waals surface area contributed by atoms with Gasteiger partial charge < -0.3 is 24.4 Å². The van der Waals surface area contributed by atoms with Crippen LogP contribution < -0.4 is 19.7 Å². The molecule has 1 saturated heterocycles. The molecular formula is C26H30N4O4S. The minimum Gasteiger partial charge on any atom is -0.466 e. The van der Waals surface area contributed by atoms with E-state index in [0.29, 0.717) is 13.2 Å². The molecule has 8 nitrogen and oxygen atoms in total. The lowest BCUT2D eigenvalue weighted by Crippen LogP contribution is -2.38. The van der Waals surface area contributed by atoms with Crippen molar-refractivity contribution in [2.45, 2.75) is 52.0 Å². The molecule has 2 aromatic heterocycles. The Balaban J connectivity index is 1.28. The highest BCUT2D eigenvalue weighted by atomic mass is 32.1. The lowest BCUT2D eigenvalue weighted by atomic mass is 9.96. The zero-order valence-electron chi connectivity index (χ0n) is 20.0. The van der Waals surface area contributed by atoms with E-state index in [-0.39, 0.29) is 18.7 Å². The summed E-state index contributed by atoms with van der Waals surface area (Å²) in [5, 5.41) is 4.79. The first-order valence-corrected chi connectivity index (χ1v) is 13.4. The lowest BCUT2D eigenvalue weighted by molar-refractivity contribution is -0.148. The molecule has 1 aromatic carbocycles. The maximum atomic E-state index is 12.2. The fourth-order valence-electron chi connectivity index (χ4n) is 5.23. The molecule has 0 atom stereocenters. The topological polar surface area (TPSA) is 85.8 Å². The number of aromatic nitrogens is 2. The van der Waals surface area contributed by atoms with E-state index in [9.17, 15) is 4.79 Å². The molecule has 1 N–H and O–H groups in total. The number of thiophene rings is 1. The van der Waals surface area contributed by atoms with Crippen molar-refractivity contribution in [1.29, 1.82) is 0 Å². The quantitative estimate of drug-likeness (QED) is 0.494. The number of piperidine rings is 1. The number of benzene rings is 1. The van der Waals surface area contributed by atoms with Gasteiger partial charge in [-0.05, 0) is 68.7 Å². The average Bonchev–Trinajstić information content (AvgIpc) is 3.51. The van der Waals surface area contributed by atoms with E-state index >= 15 is 0 Å². The van der Waals surface area contributed by atoms with Gasteiger partial charge in [0.1, 0.15) is 10.6 Å².